The standard InChI is InChI=1S/C29H23F2NO4/c30-23-11-4-12-24(31)26(23)28(33)32-25(29(34)35)16-18-13-14-21(20-9-2-1-8-19(18)20)22-10-3-6-17-7-5-15-36-27(17)22/h1-4,6,8-14,25H,5,7,15-16H2,(H,32,33)(H,34,35)/t25-/m0/s1. The number of carboxylic acid groups (broad SMARTS) is 1. The molecule has 182 valence electrons. The van der Waals surface area contributed by atoms with Gasteiger partial charge in [-0.15, -0.1) is 0 Å². The second kappa shape index (κ2) is 9.77. The summed E-state index contributed by atoms with van der Waals surface area (Å²) in [6, 6.07) is 19.1. The Kier molecular flexibility index (Phi) is 6.38. The highest BCUT2D eigenvalue weighted by Crippen LogP contribution is 2.40. The molecule has 2 N–H and O–H groups in total. The van der Waals surface area contributed by atoms with E-state index in [-0.39, 0.29) is 6.42 Å². The molecule has 4 aromatic rings. The maximum absolute atomic E-state index is 14.1. The van der Waals surface area contributed by atoms with Crippen LogP contribution in [0.15, 0.2) is 72.8 Å². The molecule has 0 saturated carbocycles. The van der Waals surface area contributed by atoms with Crippen LogP contribution in [0.25, 0.3) is 21.9 Å². The molecule has 36 heavy (non-hydrogen) atoms. The number of carbonyl (C=O) groups excluding carboxylic acids is 1. The van der Waals surface area contributed by atoms with Gasteiger partial charge in [-0.1, -0.05) is 60.7 Å². The van der Waals surface area contributed by atoms with Crippen LogP contribution in [0.5, 0.6) is 5.75 Å². The van der Waals surface area contributed by atoms with Crippen molar-refractivity contribution in [2.24, 2.45) is 0 Å². The number of aryl methyl sites for hydroxylation is 1. The number of hydrogen-bond donors (Lipinski definition) is 2. The van der Waals surface area contributed by atoms with Crippen molar-refractivity contribution in [3.63, 3.8) is 0 Å². The Bertz CT molecular complexity index is 1460. The van der Waals surface area contributed by atoms with E-state index in [1.165, 1.54) is 0 Å². The molecule has 1 aliphatic heterocycles. The van der Waals surface area contributed by atoms with Gasteiger partial charge in [0.05, 0.1) is 6.61 Å². The predicted molar refractivity (Wildman–Crippen MR) is 132 cm³/mol. The molecule has 0 radical (unpaired) electrons. The van der Waals surface area contributed by atoms with Gasteiger partial charge in [-0.25, -0.2) is 13.6 Å². The van der Waals surface area contributed by atoms with E-state index in [1.807, 2.05) is 48.5 Å². The third kappa shape index (κ3) is 4.40. The number of hydrogen-bond acceptors (Lipinski definition) is 3. The van der Waals surface area contributed by atoms with Crippen LogP contribution >= 0.6 is 0 Å². The lowest BCUT2D eigenvalue weighted by atomic mass is 9.90. The van der Waals surface area contributed by atoms with Crippen LogP contribution < -0.4 is 10.1 Å². The van der Waals surface area contributed by atoms with E-state index >= 15 is 0 Å². The minimum atomic E-state index is -1.39. The predicted octanol–water partition coefficient (Wildman–Crippen LogP) is 5.54. The molecule has 7 heteroatoms. The van der Waals surface area contributed by atoms with E-state index in [0.29, 0.717) is 12.2 Å². The number of fused-ring (bicyclic) bond motifs is 2. The molecule has 0 saturated heterocycles. The third-order valence-electron chi connectivity index (χ3n) is 6.46. The summed E-state index contributed by atoms with van der Waals surface area (Å²) in [4.78, 5) is 24.6. The van der Waals surface area contributed by atoms with Gasteiger partial charge in [-0.2, -0.15) is 0 Å². The van der Waals surface area contributed by atoms with Crippen LogP contribution in [0, 0.1) is 11.6 Å². The maximum Gasteiger partial charge on any atom is 0.326 e. The summed E-state index contributed by atoms with van der Waals surface area (Å²) in [5, 5.41) is 13.8. The SMILES string of the molecule is O=C(N[C@@H](Cc1ccc(-c2cccc3c2OCCC3)c2ccccc12)C(=O)O)c1c(F)cccc1F. The van der Waals surface area contributed by atoms with E-state index in [0.717, 1.165) is 64.3 Å². The Hall–Kier alpha value is -4.26. The fraction of sp³-hybridized carbons (Fsp3) is 0.172. The van der Waals surface area contributed by atoms with Crippen molar-refractivity contribution in [1.82, 2.24) is 5.32 Å². The van der Waals surface area contributed by atoms with Crippen LogP contribution in [0.2, 0.25) is 0 Å². The minimum Gasteiger partial charge on any atom is -0.493 e. The molecule has 0 aromatic heterocycles. The van der Waals surface area contributed by atoms with Crippen LogP contribution in [-0.2, 0) is 17.6 Å². The van der Waals surface area contributed by atoms with E-state index in [4.69, 9.17) is 4.74 Å². The van der Waals surface area contributed by atoms with Gasteiger partial charge in [-0.05, 0) is 52.4 Å². The van der Waals surface area contributed by atoms with Crippen molar-refractivity contribution in [2.75, 3.05) is 6.61 Å². The summed E-state index contributed by atoms with van der Waals surface area (Å²) >= 11 is 0. The van der Waals surface area contributed by atoms with Crippen molar-refractivity contribution in [1.29, 1.82) is 0 Å². The van der Waals surface area contributed by atoms with Crippen molar-refractivity contribution in [2.45, 2.75) is 25.3 Å². The summed E-state index contributed by atoms with van der Waals surface area (Å²) in [7, 11) is 0. The fourth-order valence-corrected chi connectivity index (χ4v) is 4.74. The average molecular weight is 488 g/mol. The zero-order valence-electron chi connectivity index (χ0n) is 19.3. The third-order valence-corrected chi connectivity index (χ3v) is 6.46. The first kappa shape index (κ1) is 23.5. The van der Waals surface area contributed by atoms with Crippen molar-refractivity contribution in [3.8, 4) is 16.9 Å². The van der Waals surface area contributed by atoms with Crippen LogP contribution in [0.1, 0.15) is 27.9 Å². The molecule has 0 unspecified atom stereocenters. The second-order valence-electron chi connectivity index (χ2n) is 8.73. The number of ether oxygens (including phenoxy) is 1. The van der Waals surface area contributed by atoms with Gasteiger partial charge in [0.1, 0.15) is 29.0 Å². The first-order valence-electron chi connectivity index (χ1n) is 11.7. The minimum absolute atomic E-state index is 0.0681. The van der Waals surface area contributed by atoms with E-state index in [1.54, 1.807) is 0 Å². The number of carboxylic acids is 1. The molecule has 1 amide bonds. The molecule has 4 aromatic carbocycles. The number of benzene rings is 4. The zero-order valence-corrected chi connectivity index (χ0v) is 19.3. The lowest BCUT2D eigenvalue weighted by Crippen LogP contribution is -2.43. The Balaban J connectivity index is 1.51. The highest BCUT2D eigenvalue weighted by Gasteiger charge is 2.26. The molecule has 0 aliphatic carbocycles. The van der Waals surface area contributed by atoms with Crippen LogP contribution in [0.4, 0.5) is 8.78 Å². The molecule has 5 rings (SSSR count). The Labute approximate surface area is 206 Å². The number of rotatable bonds is 6. The highest BCUT2D eigenvalue weighted by atomic mass is 19.1. The molecule has 0 bridgehead atoms. The molecule has 1 atom stereocenters. The van der Waals surface area contributed by atoms with Gasteiger partial charge >= 0.3 is 5.97 Å². The highest BCUT2D eigenvalue weighted by molar-refractivity contribution is 6.01. The monoisotopic (exact) mass is 487 g/mol. The number of para-hydroxylation sites is 1. The normalized spacial score (nSPS) is 13.5. The molecule has 1 aliphatic rings. The lowest BCUT2D eigenvalue weighted by Gasteiger charge is -2.22. The van der Waals surface area contributed by atoms with Crippen LogP contribution in [0.3, 0.4) is 0 Å². The van der Waals surface area contributed by atoms with Gasteiger partial charge in [0.15, 0.2) is 0 Å². The van der Waals surface area contributed by atoms with Gasteiger partial charge < -0.3 is 15.2 Å². The van der Waals surface area contributed by atoms with Crippen molar-refractivity contribution < 1.29 is 28.2 Å². The Morgan fingerprint density at radius 1 is 0.889 bits per heavy atom. The summed E-state index contributed by atoms with van der Waals surface area (Å²) in [6.45, 7) is 0.655. The molecule has 1 heterocycles. The van der Waals surface area contributed by atoms with E-state index in [2.05, 4.69) is 11.4 Å². The Morgan fingerprint density at radius 2 is 1.61 bits per heavy atom. The number of amides is 1. The number of nitrogens with one attached hydrogen (secondary N) is 1. The smallest absolute Gasteiger partial charge is 0.326 e. The quantitative estimate of drug-likeness (QED) is 0.375. The summed E-state index contributed by atoms with van der Waals surface area (Å²) in [5.41, 5.74) is 2.95. The first-order chi connectivity index (χ1) is 17.4. The molecular formula is C29H23F2NO4. The fourth-order valence-electron chi connectivity index (χ4n) is 4.74. The van der Waals surface area contributed by atoms with Gasteiger partial charge in [0, 0.05) is 12.0 Å². The largest absolute Gasteiger partial charge is 0.493 e. The summed E-state index contributed by atoms with van der Waals surface area (Å²) in [5.74, 6) is -3.67. The molecule has 5 nitrogen and oxygen atoms in total. The first-order valence-corrected chi connectivity index (χ1v) is 11.7. The lowest BCUT2D eigenvalue weighted by molar-refractivity contribution is -0.139. The Morgan fingerprint density at radius 3 is 2.36 bits per heavy atom. The van der Waals surface area contributed by atoms with Gasteiger partial charge in [-0.3, -0.25) is 4.79 Å². The maximum atomic E-state index is 14.1. The van der Waals surface area contributed by atoms with E-state index in [9.17, 15) is 23.5 Å². The zero-order chi connectivity index (χ0) is 25.2. The van der Waals surface area contributed by atoms with Gasteiger partial charge in [0.2, 0.25) is 0 Å². The average Bonchev–Trinajstić information content (AvgIpc) is 2.88. The summed E-state index contributed by atoms with van der Waals surface area (Å²) < 4.78 is 34.1. The van der Waals surface area contributed by atoms with Gasteiger partial charge in [0.25, 0.3) is 5.91 Å². The topological polar surface area (TPSA) is 75.6 Å². The molecular weight excluding hydrogens is 464 g/mol. The molecule has 0 fully saturated rings. The molecule has 0 spiro atoms. The number of halogens is 2. The summed E-state index contributed by atoms with van der Waals surface area (Å²) in [6.07, 6.45) is 1.85. The van der Waals surface area contributed by atoms with Crippen molar-refractivity contribution >= 4 is 22.6 Å². The number of carbonyl (C=O) groups is 2. The van der Waals surface area contributed by atoms with E-state index < -0.39 is 35.1 Å². The second-order valence-corrected chi connectivity index (χ2v) is 8.73. The van der Waals surface area contributed by atoms with Crippen molar-refractivity contribution in [3.05, 3.63) is 101 Å². The van der Waals surface area contributed by atoms with Crippen LogP contribution in [-0.4, -0.2) is 29.6 Å². The number of aliphatic carboxylic acids is 1.